The van der Waals surface area contributed by atoms with Crippen LogP contribution in [-0.2, 0) is 6.42 Å². The Hall–Kier alpha value is -2.73. The van der Waals surface area contributed by atoms with Gasteiger partial charge in [0.2, 0.25) is 0 Å². The van der Waals surface area contributed by atoms with E-state index < -0.39 is 0 Å². The number of imidazole rings is 1. The zero-order valence-corrected chi connectivity index (χ0v) is 14.7. The second kappa shape index (κ2) is 7.44. The van der Waals surface area contributed by atoms with E-state index in [1.54, 1.807) is 21.3 Å². The van der Waals surface area contributed by atoms with Crippen LogP contribution < -0.4 is 19.9 Å². The molecule has 0 spiro atoms. The molecule has 2 aromatic carbocycles. The summed E-state index contributed by atoms with van der Waals surface area (Å²) in [5.74, 6) is 2.96. The molecule has 0 aliphatic carbocycles. The highest BCUT2D eigenvalue weighted by Crippen LogP contribution is 2.36. The smallest absolute Gasteiger partial charge is 0.164 e. The van der Waals surface area contributed by atoms with Gasteiger partial charge in [-0.25, -0.2) is 4.98 Å². The lowest BCUT2D eigenvalue weighted by Crippen LogP contribution is -2.17. The number of methoxy groups -OCH3 is 3. The lowest BCUT2D eigenvalue weighted by molar-refractivity contribution is 0.347. The molecule has 1 heterocycles. The molecule has 3 rings (SSSR count). The van der Waals surface area contributed by atoms with Crippen molar-refractivity contribution in [1.29, 1.82) is 0 Å². The van der Waals surface area contributed by atoms with Crippen LogP contribution in [0.25, 0.3) is 11.0 Å². The summed E-state index contributed by atoms with van der Waals surface area (Å²) in [5, 5.41) is 0. The quantitative estimate of drug-likeness (QED) is 0.690. The molecule has 132 valence electrons. The number of fused-ring (bicyclic) bond motifs is 1. The molecule has 0 radical (unpaired) electrons. The van der Waals surface area contributed by atoms with Gasteiger partial charge in [-0.2, -0.15) is 0 Å². The molecule has 1 aromatic heterocycles. The largest absolute Gasteiger partial charge is 0.496 e. The van der Waals surface area contributed by atoms with Gasteiger partial charge in [0.1, 0.15) is 11.6 Å². The summed E-state index contributed by atoms with van der Waals surface area (Å²) < 4.78 is 16.3. The van der Waals surface area contributed by atoms with E-state index in [0.29, 0.717) is 24.5 Å². The Labute approximate surface area is 146 Å². The van der Waals surface area contributed by atoms with Gasteiger partial charge in [0.05, 0.1) is 32.4 Å². The molecule has 3 aromatic rings. The average Bonchev–Trinajstić information content (AvgIpc) is 3.09. The lowest BCUT2D eigenvalue weighted by atomic mass is 9.97. The molecule has 0 amide bonds. The zero-order chi connectivity index (χ0) is 17.8. The van der Waals surface area contributed by atoms with Crippen molar-refractivity contribution in [2.75, 3.05) is 27.9 Å². The number of H-pyrrole nitrogens is 1. The maximum absolute atomic E-state index is 6.04. The maximum Gasteiger partial charge on any atom is 0.164 e. The third kappa shape index (κ3) is 3.39. The van der Waals surface area contributed by atoms with Gasteiger partial charge in [0.25, 0.3) is 0 Å². The highest BCUT2D eigenvalue weighted by atomic mass is 16.5. The second-order valence-corrected chi connectivity index (χ2v) is 5.79. The molecular formula is C19H23N3O3. The van der Waals surface area contributed by atoms with E-state index in [2.05, 4.69) is 9.97 Å². The number of para-hydroxylation sites is 2. The van der Waals surface area contributed by atoms with Gasteiger partial charge in [-0.15, -0.1) is 0 Å². The molecular weight excluding hydrogens is 318 g/mol. The summed E-state index contributed by atoms with van der Waals surface area (Å²) in [7, 11) is 4.87. The Morgan fingerprint density at radius 3 is 2.32 bits per heavy atom. The summed E-state index contributed by atoms with van der Waals surface area (Å²) >= 11 is 0. The van der Waals surface area contributed by atoms with E-state index in [1.165, 1.54) is 0 Å². The SMILES string of the molecule is COc1cc(OC)c(OC)cc1CC(CN)c1nc2ccccc2[nH]1. The van der Waals surface area contributed by atoms with Gasteiger partial charge in [0.15, 0.2) is 11.5 Å². The third-order valence-electron chi connectivity index (χ3n) is 4.33. The van der Waals surface area contributed by atoms with Crippen LogP contribution in [0.4, 0.5) is 0 Å². The van der Waals surface area contributed by atoms with E-state index in [0.717, 1.165) is 28.2 Å². The molecule has 0 saturated heterocycles. The van der Waals surface area contributed by atoms with Crippen molar-refractivity contribution in [2.45, 2.75) is 12.3 Å². The number of rotatable bonds is 7. The average molecular weight is 341 g/mol. The normalized spacial score (nSPS) is 12.2. The number of aromatic nitrogens is 2. The summed E-state index contributed by atoms with van der Waals surface area (Å²) in [6.07, 6.45) is 0.680. The van der Waals surface area contributed by atoms with Crippen molar-refractivity contribution in [2.24, 2.45) is 5.73 Å². The van der Waals surface area contributed by atoms with Crippen LogP contribution in [0, 0.1) is 0 Å². The summed E-state index contributed by atoms with van der Waals surface area (Å²) in [4.78, 5) is 8.05. The van der Waals surface area contributed by atoms with E-state index in [9.17, 15) is 0 Å². The number of nitrogens with zero attached hydrogens (tertiary/aromatic N) is 1. The van der Waals surface area contributed by atoms with Gasteiger partial charge in [-0.3, -0.25) is 0 Å². The van der Waals surface area contributed by atoms with Crippen molar-refractivity contribution < 1.29 is 14.2 Å². The lowest BCUT2D eigenvalue weighted by Gasteiger charge is -2.17. The minimum Gasteiger partial charge on any atom is -0.496 e. The van der Waals surface area contributed by atoms with Crippen LogP contribution in [-0.4, -0.2) is 37.8 Å². The third-order valence-corrected chi connectivity index (χ3v) is 4.33. The van der Waals surface area contributed by atoms with Gasteiger partial charge >= 0.3 is 0 Å². The van der Waals surface area contributed by atoms with Crippen molar-refractivity contribution in [3.63, 3.8) is 0 Å². The highest BCUT2D eigenvalue weighted by molar-refractivity contribution is 5.74. The Morgan fingerprint density at radius 2 is 1.68 bits per heavy atom. The molecule has 0 fully saturated rings. The van der Waals surface area contributed by atoms with E-state index >= 15 is 0 Å². The Bertz CT molecular complexity index is 827. The predicted octanol–water partition coefficient (Wildman–Crippen LogP) is 2.87. The van der Waals surface area contributed by atoms with Gasteiger partial charge in [-0.05, 0) is 30.2 Å². The molecule has 0 aliphatic rings. The monoisotopic (exact) mass is 341 g/mol. The number of nitrogens with one attached hydrogen (secondary N) is 1. The van der Waals surface area contributed by atoms with Crippen LogP contribution in [0.5, 0.6) is 17.2 Å². The Morgan fingerprint density at radius 1 is 1.00 bits per heavy atom. The van der Waals surface area contributed by atoms with E-state index in [1.807, 2.05) is 36.4 Å². The minimum absolute atomic E-state index is 0.0411. The number of benzene rings is 2. The number of hydrogen-bond donors (Lipinski definition) is 2. The number of hydrogen-bond acceptors (Lipinski definition) is 5. The van der Waals surface area contributed by atoms with Crippen molar-refractivity contribution in [3.8, 4) is 17.2 Å². The van der Waals surface area contributed by atoms with Crippen LogP contribution >= 0.6 is 0 Å². The number of nitrogens with two attached hydrogens (primary N) is 1. The first-order valence-corrected chi connectivity index (χ1v) is 8.13. The molecule has 25 heavy (non-hydrogen) atoms. The fourth-order valence-electron chi connectivity index (χ4n) is 2.97. The van der Waals surface area contributed by atoms with Crippen LogP contribution in [0.3, 0.4) is 0 Å². The first-order chi connectivity index (χ1) is 12.2. The Kier molecular flexibility index (Phi) is 5.09. The molecule has 1 atom stereocenters. The molecule has 0 saturated carbocycles. The molecule has 0 aliphatic heterocycles. The summed E-state index contributed by atoms with van der Waals surface area (Å²) in [6.45, 7) is 0.470. The van der Waals surface area contributed by atoms with Gasteiger partial charge in [0, 0.05) is 18.5 Å². The fourth-order valence-corrected chi connectivity index (χ4v) is 2.97. The van der Waals surface area contributed by atoms with Crippen LogP contribution in [0.1, 0.15) is 17.3 Å². The van der Waals surface area contributed by atoms with Crippen molar-refractivity contribution >= 4 is 11.0 Å². The Balaban J connectivity index is 1.95. The molecule has 0 bridgehead atoms. The maximum atomic E-state index is 6.04. The summed E-state index contributed by atoms with van der Waals surface area (Å²) in [5.41, 5.74) is 8.98. The van der Waals surface area contributed by atoms with Gasteiger partial charge in [-0.1, -0.05) is 12.1 Å². The fraction of sp³-hybridized carbons (Fsp3) is 0.316. The second-order valence-electron chi connectivity index (χ2n) is 5.79. The van der Waals surface area contributed by atoms with E-state index in [-0.39, 0.29) is 5.92 Å². The predicted molar refractivity (Wildman–Crippen MR) is 97.7 cm³/mol. The highest BCUT2D eigenvalue weighted by Gasteiger charge is 2.19. The standard InChI is InChI=1S/C19H23N3O3/c1-23-16-10-18(25-3)17(24-2)9-12(16)8-13(11-20)19-21-14-6-4-5-7-15(14)22-19/h4-7,9-10,13H,8,11,20H2,1-3H3,(H,21,22). The summed E-state index contributed by atoms with van der Waals surface area (Å²) in [6, 6.07) is 11.7. The number of ether oxygens (including phenoxy) is 3. The topological polar surface area (TPSA) is 82.4 Å². The van der Waals surface area contributed by atoms with E-state index in [4.69, 9.17) is 19.9 Å². The molecule has 1 unspecified atom stereocenters. The van der Waals surface area contributed by atoms with Crippen LogP contribution in [0.2, 0.25) is 0 Å². The zero-order valence-electron chi connectivity index (χ0n) is 14.7. The van der Waals surface area contributed by atoms with Gasteiger partial charge < -0.3 is 24.9 Å². The molecule has 6 nitrogen and oxygen atoms in total. The van der Waals surface area contributed by atoms with Crippen molar-refractivity contribution in [1.82, 2.24) is 9.97 Å². The first-order valence-electron chi connectivity index (χ1n) is 8.13. The molecule has 3 N–H and O–H groups in total. The number of aromatic amines is 1. The van der Waals surface area contributed by atoms with Crippen LogP contribution in [0.15, 0.2) is 36.4 Å². The molecule has 6 heteroatoms. The first kappa shape index (κ1) is 17.1. The minimum atomic E-state index is 0.0411. The van der Waals surface area contributed by atoms with Crippen molar-refractivity contribution in [3.05, 3.63) is 47.8 Å².